The summed E-state index contributed by atoms with van der Waals surface area (Å²) in [5.74, 6) is -0.471. The topological polar surface area (TPSA) is 65.7 Å². The van der Waals surface area contributed by atoms with Crippen molar-refractivity contribution in [3.8, 4) is 0 Å². The minimum atomic E-state index is -0.553. The number of aryl methyl sites for hydroxylation is 1. The van der Waals surface area contributed by atoms with E-state index >= 15 is 0 Å². The number of benzene rings is 1. The van der Waals surface area contributed by atoms with Crippen LogP contribution in [0.2, 0.25) is 0 Å². The monoisotopic (exact) mass is 400 g/mol. The summed E-state index contributed by atoms with van der Waals surface area (Å²) in [5, 5.41) is 0. The minimum absolute atomic E-state index is 0.0400. The standard InChI is InChI=1S/C15H13IO5/c1-9-7-10(21-13(9)15(18)19-2)8-20-14(17)11-5-3-4-6-12(11)16/h3-7H,8H2,1-2H3. The lowest BCUT2D eigenvalue weighted by molar-refractivity contribution is 0.0437. The number of hydrogen-bond donors (Lipinski definition) is 0. The Balaban J connectivity index is 2.05. The van der Waals surface area contributed by atoms with Gasteiger partial charge in [-0.05, 0) is 47.7 Å². The molecule has 6 heteroatoms. The van der Waals surface area contributed by atoms with Gasteiger partial charge in [0.05, 0.1) is 12.7 Å². The Bertz CT molecular complexity index is 674. The molecular formula is C15H13IO5. The van der Waals surface area contributed by atoms with Crippen LogP contribution in [-0.2, 0) is 16.1 Å². The lowest BCUT2D eigenvalue weighted by Gasteiger charge is -2.04. The van der Waals surface area contributed by atoms with Crippen molar-refractivity contribution in [2.24, 2.45) is 0 Å². The second-order valence-corrected chi connectivity index (χ2v) is 5.43. The zero-order valence-electron chi connectivity index (χ0n) is 11.5. The summed E-state index contributed by atoms with van der Waals surface area (Å²) in [4.78, 5) is 23.4. The van der Waals surface area contributed by atoms with E-state index < -0.39 is 11.9 Å². The van der Waals surface area contributed by atoms with Crippen molar-refractivity contribution in [3.05, 3.63) is 56.5 Å². The number of esters is 2. The average molecular weight is 400 g/mol. The van der Waals surface area contributed by atoms with Crippen molar-refractivity contribution >= 4 is 34.5 Å². The predicted molar refractivity (Wildman–Crippen MR) is 83.1 cm³/mol. The molecular weight excluding hydrogens is 387 g/mol. The van der Waals surface area contributed by atoms with Gasteiger partial charge in [0.25, 0.3) is 0 Å². The largest absolute Gasteiger partial charge is 0.463 e. The van der Waals surface area contributed by atoms with Gasteiger partial charge in [0, 0.05) is 9.13 Å². The van der Waals surface area contributed by atoms with E-state index in [-0.39, 0.29) is 12.4 Å². The van der Waals surface area contributed by atoms with Crippen LogP contribution in [-0.4, -0.2) is 19.0 Å². The Morgan fingerprint density at radius 1 is 1.24 bits per heavy atom. The maximum absolute atomic E-state index is 12.0. The molecule has 0 amide bonds. The normalized spacial score (nSPS) is 10.2. The van der Waals surface area contributed by atoms with Gasteiger partial charge in [-0.2, -0.15) is 0 Å². The van der Waals surface area contributed by atoms with Crippen molar-refractivity contribution in [2.45, 2.75) is 13.5 Å². The van der Waals surface area contributed by atoms with Crippen LogP contribution in [0.3, 0.4) is 0 Å². The quantitative estimate of drug-likeness (QED) is 0.582. The molecule has 0 aliphatic rings. The second kappa shape index (κ2) is 6.75. The van der Waals surface area contributed by atoms with Gasteiger partial charge in [-0.1, -0.05) is 12.1 Å². The van der Waals surface area contributed by atoms with Crippen LogP contribution >= 0.6 is 22.6 Å². The molecule has 0 fully saturated rings. The summed E-state index contributed by atoms with van der Waals surface area (Å²) in [7, 11) is 1.28. The lowest BCUT2D eigenvalue weighted by atomic mass is 10.2. The summed E-state index contributed by atoms with van der Waals surface area (Å²) >= 11 is 2.07. The van der Waals surface area contributed by atoms with Crippen LogP contribution < -0.4 is 0 Å². The fraction of sp³-hybridized carbons (Fsp3) is 0.200. The molecule has 0 spiro atoms. The molecule has 0 unspecified atom stereocenters. The van der Waals surface area contributed by atoms with Crippen LogP contribution in [0.15, 0.2) is 34.7 Å². The van der Waals surface area contributed by atoms with Crippen molar-refractivity contribution in [1.82, 2.24) is 0 Å². The van der Waals surface area contributed by atoms with Crippen LogP contribution in [0.4, 0.5) is 0 Å². The number of carbonyl (C=O) groups is 2. The third-order valence-electron chi connectivity index (χ3n) is 2.78. The summed E-state index contributed by atoms with van der Waals surface area (Å²) in [6, 6.07) is 8.78. The molecule has 0 N–H and O–H groups in total. The number of carbonyl (C=O) groups excluding carboxylic acids is 2. The first kappa shape index (κ1) is 15.6. The highest BCUT2D eigenvalue weighted by molar-refractivity contribution is 14.1. The predicted octanol–water partition coefficient (Wildman–Crippen LogP) is 3.34. The number of methoxy groups -OCH3 is 1. The van der Waals surface area contributed by atoms with Crippen molar-refractivity contribution in [3.63, 3.8) is 0 Å². The maximum Gasteiger partial charge on any atom is 0.374 e. The summed E-state index contributed by atoms with van der Waals surface area (Å²) in [6.07, 6.45) is 0. The molecule has 0 saturated carbocycles. The molecule has 0 bridgehead atoms. The lowest BCUT2D eigenvalue weighted by Crippen LogP contribution is -2.06. The molecule has 1 aromatic carbocycles. The second-order valence-electron chi connectivity index (χ2n) is 4.27. The van der Waals surface area contributed by atoms with Gasteiger partial charge in [-0.3, -0.25) is 0 Å². The van der Waals surface area contributed by atoms with E-state index in [9.17, 15) is 9.59 Å². The van der Waals surface area contributed by atoms with Crippen molar-refractivity contribution in [1.29, 1.82) is 0 Å². The smallest absolute Gasteiger partial charge is 0.374 e. The summed E-state index contributed by atoms with van der Waals surface area (Å²) in [6.45, 7) is 1.68. The van der Waals surface area contributed by atoms with Crippen molar-refractivity contribution < 1.29 is 23.5 Å². The first-order chi connectivity index (χ1) is 10.0. The molecule has 110 valence electrons. The number of ether oxygens (including phenoxy) is 2. The van der Waals surface area contributed by atoms with Gasteiger partial charge < -0.3 is 13.9 Å². The first-order valence-electron chi connectivity index (χ1n) is 6.12. The molecule has 1 aromatic heterocycles. The molecule has 0 atom stereocenters. The van der Waals surface area contributed by atoms with Gasteiger partial charge in [-0.25, -0.2) is 9.59 Å². The van der Waals surface area contributed by atoms with Gasteiger partial charge in [0.2, 0.25) is 5.76 Å². The first-order valence-corrected chi connectivity index (χ1v) is 7.20. The average Bonchev–Trinajstić information content (AvgIpc) is 2.85. The Hall–Kier alpha value is -1.83. The number of rotatable bonds is 4. The summed E-state index contributed by atoms with van der Waals surface area (Å²) in [5.41, 5.74) is 1.14. The van der Waals surface area contributed by atoms with Crippen LogP contribution in [0.5, 0.6) is 0 Å². The van der Waals surface area contributed by atoms with Gasteiger partial charge in [-0.15, -0.1) is 0 Å². The fourth-order valence-electron chi connectivity index (χ4n) is 1.76. The van der Waals surface area contributed by atoms with E-state index in [1.807, 2.05) is 12.1 Å². The van der Waals surface area contributed by atoms with Gasteiger partial charge in [0.15, 0.2) is 0 Å². The van der Waals surface area contributed by atoms with E-state index in [2.05, 4.69) is 27.3 Å². The molecule has 5 nitrogen and oxygen atoms in total. The number of halogens is 1. The van der Waals surface area contributed by atoms with Gasteiger partial charge in [0.1, 0.15) is 12.4 Å². The van der Waals surface area contributed by atoms with E-state index in [0.717, 1.165) is 3.57 Å². The van der Waals surface area contributed by atoms with E-state index in [4.69, 9.17) is 9.15 Å². The Labute approximate surface area is 135 Å². The fourth-order valence-corrected chi connectivity index (χ4v) is 2.36. The van der Waals surface area contributed by atoms with E-state index in [1.54, 1.807) is 25.1 Å². The summed E-state index contributed by atoms with van der Waals surface area (Å²) < 4.78 is 15.9. The molecule has 2 rings (SSSR count). The Morgan fingerprint density at radius 3 is 2.62 bits per heavy atom. The number of hydrogen-bond acceptors (Lipinski definition) is 5. The van der Waals surface area contributed by atoms with Crippen molar-refractivity contribution in [2.75, 3.05) is 7.11 Å². The molecule has 0 saturated heterocycles. The molecule has 21 heavy (non-hydrogen) atoms. The number of furan rings is 1. The van der Waals surface area contributed by atoms with Crippen LogP contribution in [0.25, 0.3) is 0 Å². The highest BCUT2D eigenvalue weighted by atomic mass is 127. The highest BCUT2D eigenvalue weighted by Crippen LogP contribution is 2.18. The minimum Gasteiger partial charge on any atom is -0.463 e. The third-order valence-corrected chi connectivity index (χ3v) is 3.72. The van der Waals surface area contributed by atoms with Crippen LogP contribution in [0, 0.1) is 10.5 Å². The van der Waals surface area contributed by atoms with E-state index in [0.29, 0.717) is 16.9 Å². The van der Waals surface area contributed by atoms with Crippen LogP contribution in [0.1, 0.15) is 32.2 Å². The highest BCUT2D eigenvalue weighted by Gasteiger charge is 2.17. The molecule has 2 aromatic rings. The zero-order valence-corrected chi connectivity index (χ0v) is 13.7. The zero-order chi connectivity index (χ0) is 15.4. The van der Waals surface area contributed by atoms with E-state index in [1.165, 1.54) is 7.11 Å². The Kier molecular flexibility index (Phi) is 5.00. The Morgan fingerprint density at radius 2 is 1.95 bits per heavy atom. The van der Waals surface area contributed by atoms with Gasteiger partial charge >= 0.3 is 11.9 Å². The third kappa shape index (κ3) is 3.63. The molecule has 0 aliphatic heterocycles. The molecule has 0 aliphatic carbocycles. The maximum atomic E-state index is 12.0. The molecule has 1 heterocycles. The molecule has 0 radical (unpaired) electrons. The SMILES string of the molecule is COC(=O)c1oc(COC(=O)c2ccccc2I)cc1C.